The monoisotopic (exact) mass is 666 g/mol. The lowest BCUT2D eigenvalue weighted by molar-refractivity contribution is -0.150. The zero-order chi connectivity index (χ0) is 35.0. The van der Waals surface area contributed by atoms with Crippen LogP contribution in [-0.2, 0) is 14.3 Å². The highest BCUT2D eigenvalue weighted by Gasteiger charge is 2.53. The molecule has 3 amide bonds. The predicted molar refractivity (Wildman–Crippen MR) is 176 cm³/mol. The molecule has 1 unspecified atom stereocenters. The topological polar surface area (TPSA) is 167 Å². The summed E-state index contributed by atoms with van der Waals surface area (Å²) in [7, 11) is 1.42. The van der Waals surface area contributed by atoms with E-state index in [1.165, 1.54) is 19.2 Å². The lowest BCUT2D eigenvalue weighted by Crippen LogP contribution is -2.62. The van der Waals surface area contributed by atoms with Crippen molar-refractivity contribution in [3.63, 3.8) is 0 Å². The second kappa shape index (κ2) is 13.5. The third kappa shape index (κ3) is 7.35. The van der Waals surface area contributed by atoms with Crippen molar-refractivity contribution in [3.8, 4) is 17.6 Å². The van der Waals surface area contributed by atoms with Crippen LogP contribution in [0.1, 0.15) is 115 Å². The van der Waals surface area contributed by atoms with Crippen molar-refractivity contribution in [3.05, 3.63) is 23.3 Å². The quantitative estimate of drug-likeness (QED) is 0.322. The number of ether oxygens (including phenoxy) is 3. The summed E-state index contributed by atoms with van der Waals surface area (Å²) in [5, 5.41) is 25.8. The van der Waals surface area contributed by atoms with Crippen molar-refractivity contribution in [2.24, 2.45) is 16.7 Å². The van der Waals surface area contributed by atoms with Gasteiger partial charge in [0, 0.05) is 30.7 Å². The van der Waals surface area contributed by atoms with E-state index in [1.807, 2.05) is 20.8 Å². The zero-order valence-electron chi connectivity index (χ0n) is 29.0. The minimum Gasteiger partial charge on any atom is -0.496 e. The van der Waals surface area contributed by atoms with Gasteiger partial charge in [0.05, 0.1) is 35.7 Å². The molecule has 1 aromatic carbocycles. The molecule has 2 saturated carbocycles. The molecule has 262 valence electrons. The Morgan fingerprint density at radius 3 is 2.29 bits per heavy atom. The summed E-state index contributed by atoms with van der Waals surface area (Å²) in [5.41, 5.74) is -1.12. The summed E-state index contributed by atoms with van der Waals surface area (Å²) in [6, 6.07) is 3.86. The summed E-state index contributed by atoms with van der Waals surface area (Å²) >= 11 is 0. The minimum absolute atomic E-state index is 0.0446. The molecule has 48 heavy (non-hydrogen) atoms. The van der Waals surface area contributed by atoms with E-state index in [2.05, 4.69) is 23.6 Å². The van der Waals surface area contributed by atoms with Gasteiger partial charge in [-0.2, -0.15) is 5.26 Å². The Labute approximate surface area is 282 Å². The van der Waals surface area contributed by atoms with Crippen LogP contribution < -0.4 is 20.1 Å². The van der Waals surface area contributed by atoms with Gasteiger partial charge in [-0.15, -0.1) is 0 Å². The number of nitrogens with one attached hydrogen (secondary N) is 2. The zero-order valence-corrected chi connectivity index (χ0v) is 29.0. The summed E-state index contributed by atoms with van der Waals surface area (Å²) in [5.74, 6) is -1.82. The number of rotatable bonds is 9. The first-order valence-corrected chi connectivity index (χ1v) is 17.2. The van der Waals surface area contributed by atoms with Gasteiger partial charge in [0.15, 0.2) is 0 Å². The van der Waals surface area contributed by atoms with Crippen LogP contribution in [0.5, 0.6) is 11.5 Å². The molecule has 2 aliphatic carbocycles. The number of carbonyl (C=O) groups excluding carboxylic acids is 3. The van der Waals surface area contributed by atoms with Crippen LogP contribution in [-0.4, -0.2) is 77.4 Å². The van der Waals surface area contributed by atoms with Gasteiger partial charge >= 0.3 is 12.1 Å². The first kappa shape index (κ1) is 35.3. The smallest absolute Gasteiger partial charge is 0.410 e. The molecule has 2 aliphatic heterocycles. The van der Waals surface area contributed by atoms with E-state index < -0.39 is 47.0 Å². The van der Waals surface area contributed by atoms with E-state index in [0.717, 1.165) is 19.3 Å². The summed E-state index contributed by atoms with van der Waals surface area (Å²) in [6.07, 6.45) is 5.99. The maximum Gasteiger partial charge on any atom is 0.410 e. The Morgan fingerprint density at radius 2 is 1.73 bits per heavy atom. The number of methoxy groups -OCH3 is 1. The highest BCUT2D eigenvalue weighted by Crippen LogP contribution is 2.43. The number of carbonyl (C=O) groups is 4. The molecular formula is C36H50N4O8. The molecule has 5 rings (SSSR count). The number of carboxylic acid groups (broad SMARTS) is 1. The molecule has 2 bridgehead atoms. The fraction of sp³-hybridized carbons (Fsp3) is 0.694. The van der Waals surface area contributed by atoms with Crippen LogP contribution in [0, 0.1) is 28.1 Å². The first-order chi connectivity index (χ1) is 22.6. The van der Waals surface area contributed by atoms with Gasteiger partial charge in [0.2, 0.25) is 5.91 Å². The highest BCUT2D eigenvalue weighted by atomic mass is 16.6. The van der Waals surface area contributed by atoms with Crippen LogP contribution >= 0.6 is 0 Å². The molecule has 2 saturated heterocycles. The molecule has 1 aromatic rings. The van der Waals surface area contributed by atoms with Gasteiger partial charge in [-0.3, -0.25) is 14.4 Å². The second-order valence-corrected chi connectivity index (χ2v) is 15.8. The SMILES string of the molecule is COc1cc(C#N)c(O[C@H]2CC[C@@](C)(C(=O)O)CC2)cc1C(=O)N[C@@H]1CC2CC[C@H]([C@@H]1C(=O)NCC1(C)CCC1)N2C(=O)OC(C)(C)C. The van der Waals surface area contributed by atoms with Crippen molar-refractivity contribution in [1.82, 2.24) is 15.5 Å². The number of fused-ring (bicyclic) bond motifs is 2. The minimum atomic E-state index is -0.836. The molecular weight excluding hydrogens is 616 g/mol. The summed E-state index contributed by atoms with van der Waals surface area (Å²) in [4.78, 5) is 54.8. The van der Waals surface area contributed by atoms with E-state index in [0.29, 0.717) is 51.5 Å². The van der Waals surface area contributed by atoms with Crippen molar-refractivity contribution in [1.29, 1.82) is 5.26 Å². The molecule has 2 heterocycles. The Hall–Kier alpha value is -4.01. The van der Waals surface area contributed by atoms with Crippen molar-refractivity contribution < 1.29 is 38.5 Å². The van der Waals surface area contributed by atoms with E-state index in [4.69, 9.17) is 14.2 Å². The number of nitrogens with zero attached hydrogens (tertiary/aromatic N) is 2. The van der Waals surface area contributed by atoms with E-state index in [-0.39, 0.29) is 46.1 Å². The molecule has 12 heteroatoms. The van der Waals surface area contributed by atoms with Gasteiger partial charge in [-0.1, -0.05) is 13.3 Å². The molecule has 12 nitrogen and oxygen atoms in total. The Morgan fingerprint density at radius 1 is 1.04 bits per heavy atom. The third-order valence-electron chi connectivity index (χ3n) is 10.9. The number of nitriles is 1. The maximum atomic E-state index is 14.0. The predicted octanol–water partition coefficient (Wildman–Crippen LogP) is 5.17. The van der Waals surface area contributed by atoms with Crippen LogP contribution in [0.25, 0.3) is 0 Å². The van der Waals surface area contributed by atoms with Gasteiger partial charge in [-0.25, -0.2) is 4.79 Å². The maximum absolute atomic E-state index is 14.0. The number of hydrogen-bond donors (Lipinski definition) is 3. The molecule has 0 aromatic heterocycles. The van der Waals surface area contributed by atoms with E-state index >= 15 is 0 Å². The Balaban J connectivity index is 1.38. The van der Waals surface area contributed by atoms with Gasteiger partial charge in [0.25, 0.3) is 5.91 Å². The van der Waals surface area contributed by atoms with Crippen LogP contribution in [0.2, 0.25) is 0 Å². The van der Waals surface area contributed by atoms with Gasteiger partial charge in [-0.05, 0) is 97.0 Å². The van der Waals surface area contributed by atoms with E-state index in [1.54, 1.807) is 11.8 Å². The fourth-order valence-corrected chi connectivity index (χ4v) is 7.76. The summed E-state index contributed by atoms with van der Waals surface area (Å²) in [6.45, 7) is 9.86. The molecule has 3 N–H and O–H groups in total. The number of benzene rings is 1. The van der Waals surface area contributed by atoms with Crippen molar-refractivity contribution in [2.45, 2.75) is 129 Å². The van der Waals surface area contributed by atoms with Crippen LogP contribution in [0.4, 0.5) is 4.79 Å². The van der Waals surface area contributed by atoms with E-state index in [9.17, 15) is 29.5 Å². The molecule has 0 spiro atoms. The molecule has 4 aliphatic rings. The van der Waals surface area contributed by atoms with Crippen LogP contribution in [0.15, 0.2) is 12.1 Å². The van der Waals surface area contributed by atoms with Gasteiger partial charge < -0.3 is 34.9 Å². The fourth-order valence-electron chi connectivity index (χ4n) is 7.76. The number of piperidine rings is 1. The highest BCUT2D eigenvalue weighted by molar-refractivity contribution is 5.98. The largest absolute Gasteiger partial charge is 0.496 e. The van der Waals surface area contributed by atoms with Crippen LogP contribution in [0.3, 0.4) is 0 Å². The van der Waals surface area contributed by atoms with Gasteiger partial charge in [0.1, 0.15) is 23.2 Å². The number of hydrogen-bond acceptors (Lipinski definition) is 8. The number of amides is 3. The normalized spacial score (nSPS) is 29.1. The molecule has 4 atom stereocenters. The standard InChI is InChI=1S/C36H50N4O8/c1-34(2,3)48-33(45)40-22-8-9-26(40)29(31(42)38-20-35(4)12-7-13-35)25(17-22)39-30(41)24-18-27(21(19-37)16-28(24)46-6)47-23-10-14-36(5,15-11-23)32(43)44/h16,18,22-23,25-26,29H,7-15,17,20H2,1-6H3,(H,38,42)(H,39,41)(H,43,44)/t22?,23-,25-,26-,29-,36+/m1/s1. The lowest BCUT2D eigenvalue weighted by atomic mass is 9.70. The second-order valence-electron chi connectivity index (χ2n) is 15.8. The number of carboxylic acids is 1. The molecule has 0 radical (unpaired) electrons. The first-order valence-electron chi connectivity index (χ1n) is 17.2. The van der Waals surface area contributed by atoms with Crippen molar-refractivity contribution in [2.75, 3.05) is 13.7 Å². The van der Waals surface area contributed by atoms with Crippen molar-refractivity contribution >= 4 is 23.9 Å². The average Bonchev–Trinajstić information content (AvgIpc) is 3.33. The Bertz CT molecular complexity index is 1470. The average molecular weight is 667 g/mol. The number of aliphatic carboxylic acids is 1. The third-order valence-corrected chi connectivity index (χ3v) is 10.9. The molecule has 4 fully saturated rings. The Kier molecular flexibility index (Phi) is 9.91. The summed E-state index contributed by atoms with van der Waals surface area (Å²) < 4.78 is 17.5. The lowest BCUT2D eigenvalue weighted by Gasteiger charge is -2.45.